The molecule has 0 aliphatic carbocycles. The molecule has 3 nitrogen and oxygen atoms in total. The molecule has 0 unspecified atom stereocenters. The van der Waals surface area contributed by atoms with Crippen LogP contribution in [0, 0.1) is 6.92 Å². The molecule has 1 rings (SSSR count). The Kier molecular flexibility index (Phi) is 4.31. The number of hydrogen-bond donors (Lipinski definition) is 0. The van der Waals surface area contributed by atoms with Crippen LogP contribution in [0.15, 0.2) is 18.2 Å². The van der Waals surface area contributed by atoms with Crippen molar-refractivity contribution < 1.29 is 14.3 Å². The fourth-order valence-corrected chi connectivity index (χ4v) is 1.22. The minimum atomic E-state index is 0.0643. The van der Waals surface area contributed by atoms with Gasteiger partial charge in [-0.25, -0.2) is 0 Å². The van der Waals surface area contributed by atoms with Gasteiger partial charge in [0.1, 0.15) is 5.75 Å². The number of ether oxygens (including phenoxy) is 2. The van der Waals surface area contributed by atoms with Crippen LogP contribution in [-0.4, -0.2) is 19.2 Å². The van der Waals surface area contributed by atoms with Gasteiger partial charge in [0.15, 0.2) is 12.6 Å². The predicted octanol–water partition coefficient (Wildman–Crippen LogP) is 2.57. The molecule has 0 saturated carbocycles. The van der Waals surface area contributed by atoms with Gasteiger partial charge in [0, 0.05) is 12.2 Å². The lowest BCUT2D eigenvalue weighted by molar-refractivity contribution is 0.0220. The van der Waals surface area contributed by atoms with E-state index in [9.17, 15) is 4.79 Å². The van der Waals surface area contributed by atoms with Crippen molar-refractivity contribution in [1.29, 1.82) is 0 Å². The van der Waals surface area contributed by atoms with E-state index in [4.69, 9.17) is 9.47 Å². The van der Waals surface area contributed by atoms with E-state index in [1.165, 1.54) is 0 Å². The summed E-state index contributed by atoms with van der Waals surface area (Å²) >= 11 is 0. The molecule has 1 aromatic rings. The van der Waals surface area contributed by atoms with Crippen molar-refractivity contribution in [3.05, 3.63) is 29.3 Å². The summed E-state index contributed by atoms with van der Waals surface area (Å²) in [5, 5.41) is 0. The fourth-order valence-electron chi connectivity index (χ4n) is 1.22. The van der Waals surface area contributed by atoms with Gasteiger partial charge in [0.05, 0.1) is 0 Å². The van der Waals surface area contributed by atoms with Gasteiger partial charge in [-0.2, -0.15) is 0 Å². The molecule has 0 aliphatic rings. The smallest absolute Gasteiger partial charge is 0.189 e. The highest BCUT2D eigenvalue weighted by Gasteiger charge is 2.03. The van der Waals surface area contributed by atoms with Crippen LogP contribution in [0.25, 0.3) is 0 Å². The Morgan fingerprint density at radius 2 is 2.13 bits per heavy atom. The predicted molar refractivity (Wildman–Crippen MR) is 58.3 cm³/mol. The first-order valence-corrected chi connectivity index (χ1v) is 4.97. The summed E-state index contributed by atoms with van der Waals surface area (Å²) in [6.07, 6.45) is 0. The van der Waals surface area contributed by atoms with E-state index < -0.39 is 0 Å². The average molecular weight is 208 g/mol. The van der Waals surface area contributed by atoms with Gasteiger partial charge in [-0.05, 0) is 44.5 Å². The van der Waals surface area contributed by atoms with Crippen LogP contribution in [0.3, 0.4) is 0 Å². The highest BCUT2D eigenvalue weighted by atomic mass is 16.7. The molecule has 0 bridgehead atoms. The molecule has 0 saturated heterocycles. The van der Waals surface area contributed by atoms with Crippen molar-refractivity contribution in [2.45, 2.75) is 20.8 Å². The van der Waals surface area contributed by atoms with E-state index in [0.717, 1.165) is 11.3 Å². The molecule has 0 amide bonds. The molecule has 1 aromatic carbocycles. The lowest BCUT2D eigenvalue weighted by Crippen LogP contribution is -2.03. The average Bonchev–Trinajstić information content (AvgIpc) is 2.20. The first kappa shape index (κ1) is 11.7. The van der Waals surface area contributed by atoms with Crippen LogP contribution in [0.5, 0.6) is 5.75 Å². The second kappa shape index (κ2) is 5.51. The minimum absolute atomic E-state index is 0.0643. The molecule has 0 aliphatic heterocycles. The lowest BCUT2D eigenvalue weighted by Gasteiger charge is -2.09. The summed E-state index contributed by atoms with van der Waals surface area (Å²) in [4.78, 5) is 11.1. The van der Waals surface area contributed by atoms with Crippen molar-refractivity contribution in [2.75, 3.05) is 13.4 Å². The number of ketones is 1. The van der Waals surface area contributed by atoms with Crippen LogP contribution in [0.1, 0.15) is 29.8 Å². The van der Waals surface area contributed by atoms with E-state index >= 15 is 0 Å². The van der Waals surface area contributed by atoms with Crippen LogP contribution < -0.4 is 4.74 Å². The normalized spacial score (nSPS) is 10.1. The molecular formula is C12H16O3. The van der Waals surface area contributed by atoms with Crippen molar-refractivity contribution in [1.82, 2.24) is 0 Å². The SMILES string of the molecule is CCOCOc1ccc(C(C)=O)cc1C. The largest absolute Gasteiger partial charge is 0.467 e. The van der Waals surface area contributed by atoms with Gasteiger partial charge >= 0.3 is 0 Å². The van der Waals surface area contributed by atoms with Gasteiger partial charge in [0.2, 0.25) is 0 Å². The summed E-state index contributed by atoms with van der Waals surface area (Å²) < 4.78 is 10.5. The quantitative estimate of drug-likeness (QED) is 0.424. The number of carbonyl (C=O) groups is 1. The Hall–Kier alpha value is -1.35. The highest BCUT2D eigenvalue weighted by molar-refractivity contribution is 5.94. The summed E-state index contributed by atoms with van der Waals surface area (Å²) in [6.45, 7) is 6.25. The molecule has 0 N–H and O–H groups in total. The third-order valence-electron chi connectivity index (χ3n) is 2.08. The fraction of sp³-hybridized carbons (Fsp3) is 0.417. The highest BCUT2D eigenvalue weighted by Crippen LogP contribution is 2.19. The van der Waals surface area contributed by atoms with Gasteiger partial charge in [-0.15, -0.1) is 0 Å². The maximum absolute atomic E-state index is 11.1. The molecule has 0 heterocycles. The zero-order valence-corrected chi connectivity index (χ0v) is 9.37. The molecule has 0 radical (unpaired) electrons. The summed E-state index contributed by atoms with van der Waals surface area (Å²) in [5.41, 5.74) is 1.65. The van der Waals surface area contributed by atoms with E-state index in [-0.39, 0.29) is 12.6 Å². The molecule has 0 spiro atoms. The summed E-state index contributed by atoms with van der Waals surface area (Å²) in [5.74, 6) is 0.822. The standard InChI is InChI=1S/C12H16O3/c1-4-14-8-15-12-6-5-11(10(3)13)7-9(12)2/h5-7H,4,8H2,1-3H3. The Morgan fingerprint density at radius 3 is 2.67 bits per heavy atom. The van der Waals surface area contributed by atoms with Crippen LogP contribution in [-0.2, 0) is 4.74 Å². The van der Waals surface area contributed by atoms with Crippen molar-refractivity contribution >= 4 is 5.78 Å². The Morgan fingerprint density at radius 1 is 1.40 bits per heavy atom. The minimum Gasteiger partial charge on any atom is -0.467 e. The maximum Gasteiger partial charge on any atom is 0.189 e. The topological polar surface area (TPSA) is 35.5 Å². The van der Waals surface area contributed by atoms with Crippen molar-refractivity contribution in [3.8, 4) is 5.75 Å². The van der Waals surface area contributed by atoms with Gasteiger partial charge in [0.25, 0.3) is 0 Å². The third-order valence-corrected chi connectivity index (χ3v) is 2.08. The van der Waals surface area contributed by atoms with Crippen molar-refractivity contribution in [2.24, 2.45) is 0 Å². The van der Waals surface area contributed by atoms with Crippen molar-refractivity contribution in [3.63, 3.8) is 0 Å². The van der Waals surface area contributed by atoms with Gasteiger partial charge in [-0.3, -0.25) is 4.79 Å². The first-order chi connectivity index (χ1) is 7.15. The number of aryl methyl sites for hydroxylation is 1. The van der Waals surface area contributed by atoms with E-state index in [1.54, 1.807) is 19.1 Å². The molecular weight excluding hydrogens is 192 g/mol. The Bertz CT molecular complexity index is 345. The van der Waals surface area contributed by atoms with Gasteiger partial charge in [-0.1, -0.05) is 0 Å². The number of hydrogen-bond acceptors (Lipinski definition) is 3. The third kappa shape index (κ3) is 3.36. The van der Waals surface area contributed by atoms with Gasteiger partial charge < -0.3 is 9.47 Å². The van der Waals surface area contributed by atoms with Crippen LogP contribution >= 0.6 is 0 Å². The second-order valence-electron chi connectivity index (χ2n) is 3.29. The number of rotatable bonds is 5. The molecule has 0 fully saturated rings. The van der Waals surface area contributed by atoms with Crippen LogP contribution in [0.4, 0.5) is 0 Å². The van der Waals surface area contributed by atoms with E-state index in [2.05, 4.69) is 0 Å². The lowest BCUT2D eigenvalue weighted by atomic mass is 10.1. The summed E-state index contributed by atoms with van der Waals surface area (Å²) in [6, 6.07) is 5.38. The molecule has 0 atom stereocenters. The Balaban J connectivity index is 2.70. The molecule has 15 heavy (non-hydrogen) atoms. The summed E-state index contributed by atoms with van der Waals surface area (Å²) in [7, 11) is 0. The van der Waals surface area contributed by atoms with E-state index in [0.29, 0.717) is 12.2 Å². The van der Waals surface area contributed by atoms with E-state index in [1.807, 2.05) is 19.9 Å². The number of carbonyl (C=O) groups excluding carboxylic acids is 1. The second-order valence-corrected chi connectivity index (χ2v) is 3.29. The number of benzene rings is 1. The molecule has 3 heteroatoms. The first-order valence-electron chi connectivity index (χ1n) is 4.97. The maximum atomic E-state index is 11.1. The van der Waals surface area contributed by atoms with Crippen LogP contribution in [0.2, 0.25) is 0 Å². The molecule has 0 aromatic heterocycles. The zero-order chi connectivity index (χ0) is 11.3. The molecule has 82 valence electrons. The zero-order valence-electron chi connectivity index (χ0n) is 9.37. The Labute approximate surface area is 90.0 Å². The number of Topliss-reactive ketones (excluding diaryl/α,β-unsaturated/α-hetero) is 1. The monoisotopic (exact) mass is 208 g/mol.